The second kappa shape index (κ2) is 6.31. The number of aryl methyl sites for hydroxylation is 1. The minimum Gasteiger partial charge on any atom is -0.320 e. The van der Waals surface area contributed by atoms with Gasteiger partial charge in [0.1, 0.15) is 5.82 Å². The summed E-state index contributed by atoms with van der Waals surface area (Å²) in [6.07, 6.45) is 2.10. The lowest BCUT2D eigenvalue weighted by Gasteiger charge is -2.16. The van der Waals surface area contributed by atoms with Crippen molar-refractivity contribution in [2.75, 3.05) is 0 Å². The standard InChI is InChI=1S/C16H17BrFN/c1-2-5-11-6-3-7-12(10-11)16(19)15-13(17)8-4-9-14(15)18/h3-4,6-10,16H,2,5,19H2,1H3. The molecule has 0 heterocycles. The van der Waals surface area contributed by atoms with Crippen molar-refractivity contribution in [1.82, 2.24) is 0 Å². The third-order valence-corrected chi connectivity index (χ3v) is 3.85. The van der Waals surface area contributed by atoms with Crippen molar-refractivity contribution in [3.63, 3.8) is 0 Å². The molecule has 1 unspecified atom stereocenters. The van der Waals surface area contributed by atoms with Crippen molar-refractivity contribution in [2.45, 2.75) is 25.8 Å². The number of hydrogen-bond donors (Lipinski definition) is 1. The Bertz CT molecular complexity index is 548. The van der Waals surface area contributed by atoms with E-state index in [4.69, 9.17) is 5.73 Å². The van der Waals surface area contributed by atoms with E-state index in [0.29, 0.717) is 10.0 Å². The average Bonchev–Trinajstić information content (AvgIpc) is 2.39. The van der Waals surface area contributed by atoms with Gasteiger partial charge in [-0.25, -0.2) is 4.39 Å². The average molecular weight is 322 g/mol. The highest BCUT2D eigenvalue weighted by Gasteiger charge is 2.16. The summed E-state index contributed by atoms with van der Waals surface area (Å²) in [4.78, 5) is 0. The molecule has 0 fully saturated rings. The van der Waals surface area contributed by atoms with Crippen LogP contribution in [0.4, 0.5) is 4.39 Å². The maximum Gasteiger partial charge on any atom is 0.129 e. The molecule has 2 aromatic carbocycles. The molecule has 1 atom stereocenters. The van der Waals surface area contributed by atoms with Crippen molar-refractivity contribution < 1.29 is 4.39 Å². The van der Waals surface area contributed by atoms with Gasteiger partial charge in [0.15, 0.2) is 0 Å². The van der Waals surface area contributed by atoms with E-state index in [9.17, 15) is 4.39 Å². The van der Waals surface area contributed by atoms with Gasteiger partial charge >= 0.3 is 0 Å². The van der Waals surface area contributed by atoms with Crippen LogP contribution in [0.3, 0.4) is 0 Å². The van der Waals surface area contributed by atoms with Gasteiger partial charge < -0.3 is 5.73 Å². The topological polar surface area (TPSA) is 26.0 Å². The minimum absolute atomic E-state index is 0.275. The Morgan fingerprint density at radius 3 is 2.63 bits per heavy atom. The smallest absolute Gasteiger partial charge is 0.129 e. The molecule has 3 heteroatoms. The Morgan fingerprint density at radius 2 is 1.95 bits per heavy atom. The molecule has 2 N–H and O–H groups in total. The highest BCUT2D eigenvalue weighted by molar-refractivity contribution is 9.10. The van der Waals surface area contributed by atoms with Crippen LogP contribution in [0.15, 0.2) is 46.9 Å². The Hall–Kier alpha value is -1.19. The molecule has 0 aliphatic heterocycles. The van der Waals surface area contributed by atoms with Crippen molar-refractivity contribution in [1.29, 1.82) is 0 Å². The molecule has 0 aliphatic carbocycles. The normalized spacial score (nSPS) is 12.4. The fourth-order valence-electron chi connectivity index (χ4n) is 2.21. The first kappa shape index (κ1) is 14.2. The quantitative estimate of drug-likeness (QED) is 0.875. The largest absolute Gasteiger partial charge is 0.320 e. The zero-order valence-corrected chi connectivity index (χ0v) is 12.5. The van der Waals surface area contributed by atoms with Crippen LogP contribution in [0.1, 0.15) is 36.1 Å². The number of halogens is 2. The molecule has 0 amide bonds. The van der Waals surface area contributed by atoms with Gasteiger partial charge in [0.2, 0.25) is 0 Å². The highest BCUT2D eigenvalue weighted by Crippen LogP contribution is 2.29. The van der Waals surface area contributed by atoms with E-state index in [0.717, 1.165) is 18.4 Å². The summed E-state index contributed by atoms with van der Waals surface area (Å²) >= 11 is 3.37. The van der Waals surface area contributed by atoms with Gasteiger partial charge in [-0.3, -0.25) is 0 Å². The van der Waals surface area contributed by atoms with Crippen molar-refractivity contribution in [2.24, 2.45) is 5.73 Å². The van der Waals surface area contributed by atoms with E-state index in [-0.39, 0.29) is 5.82 Å². The summed E-state index contributed by atoms with van der Waals surface area (Å²) in [5.41, 5.74) is 8.90. The third kappa shape index (κ3) is 3.23. The summed E-state index contributed by atoms with van der Waals surface area (Å²) < 4.78 is 14.6. The molecule has 100 valence electrons. The first-order valence-electron chi connectivity index (χ1n) is 6.41. The molecule has 0 aliphatic rings. The molecule has 2 rings (SSSR count). The summed E-state index contributed by atoms with van der Waals surface area (Å²) in [7, 11) is 0. The maximum absolute atomic E-state index is 13.9. The zero-order chi connectivity index (χ0) is 13.8. The minimum atomic E-state index is -0.451. The van der Waals surface area contributed by atoms with E-state index < -0.39 is 6.04 Å². The Labute approximate surface area is 121 Å². The number of benzene rings is 2. The first-order valence-corrected chi connectivity index (χ1v) is 7.21. The predicted octanol–water partition coefficient (Wildman–Crippen LogP) is 4.59. The van der Waals surface area contributed by atoms with Gasteiger partial charge in [-0.1, -0.05) is 59.6 Å². The number of rotatable bonds is 4. The van der Waals surface area contributed by atoms with Crippen LogP contribution in [-0.2, 0) is 6.42 Å². The first-order chi connectivity index (χ1) is 9.13. The summed E-state index contributed by atoms with van der Waals surface area (Å²) in [6.45, 7) is 2.14. The predicted molar refractivity (Wildman–Crippen MR) is 80.6 cm³/mol. The van der Waals surface area contributed by atoms with Crippen molar-refractivity contribution in [3.05, 3.63) is 69.4 Å². The molecule has 0 aromatic heterocycles. The van der Waals surface area contributed by atoms with E-state index in [1.807, 2.05) is 18.2 Å². The molecular formula is C16H17BrFN. The van der Waals surface area contributed by atoms with E-state index >= 15 is 0 Å². The molecule has 19 heavy (non-hydrogen) atoms. The third-order valence-electron chi connectivity index (χ3n) is 3.16. The summed E-state index contributed by atoms with van der Waals surface area (Å²) in [6, 6.07) is 12.5. The van der Waals surface area contributed by atoms with Gasteiger partial charge in [0.25, 0.3) is 0 Å². The molecule has 0 saturated heterocycles. The van der Waals surface area contributed by atoms with Crippen LogP contribution in [0.2, 0.25) is 0 Å². The molecule has 2 aromatic rings. The summed E-state index contributed by atoms with van der Waals surface area (Å²) in [5.74, 6) is -0.275. The molecule has 1 nitrogen and oxygen atoms in total. The second-order valence-corrected chi connectivity index (χ2v) is 5.46. The lowest BCUT2D eigenvalue weighted by Crippen LogP contribution is -2.14. The van der Waals surface area contributed by atoms with E-state index in [1.165, 1.54) is 11.6 Å². The van der Waals surface area contributed by atoms with Crippen LogP contribution in [0, 0.1) is 5.82 Å². The van der Waals surface area contributed by atoms with E-state index in [2.05, 4.69) is 35.0 Å². The number of nitrogens with two attached hydrogens (primary N) is 1. The zero-order valence-electron chi connectivity index (χ0n) is 10.9. The fraction of sp³-hybridized carbons (Fsp3) is 0.250. The molecule has 0 spiro atoms. The monoisotopic (exact) mass is 321 g/mol. The van der Waals surface area contributed by atoms with Crippen LogP contribution in [0.25, 0.3) is 0 Å². The van der Waals surface area contributed by atoms with Gasteiger partial charge in [-0.05, 0) is 29.7 Å². The molecule has 0 radical (unpaired) electrons. The lowest BCUT2D eigenvalue weighted by molar-refractivity contribution is 0.597. The molecule has 0 bridgehead atoms. The van der Waals surface area contributed by atoms with Gasteiger partial charge in [0, 0.05) is 10.0 Å². The second-order valence-electron chi connectivity index (χ2n) is 4.61. The SMILES string of the molecule is CCCc1cccc(C(N)c2c(F)cccc2Br)c1. The Morgan fingerprint density at radius 1 is 1.21 bits per heavy atom. The van der Waals surface area contributed by atoms with Crippen molar-refractivity contribution in [3.8, 4) is 0 Å². The van der Waals surface area contributed by atoms with Crippen LogP contribution in [0.5, 0.6) is 0 Å². The lowest BCUT2D eigenvalue weighted by atomic mass is 9.96. The van der Waals surface area contributed by atoms with Gasteiger partial charge in [-0.15, -0.1) is 0 Å². The van der Waals surface area contributed by atoms with Crippen LogP contribution in [-0.4, -0.2) is 0 Å². The van der Waals surface area contributed by atoms with Gasteiger partial charge in [-0.2, -0.15) is 0 Å². The highest BCUT2D eigenvalue weighted by atomic mass is 79.9. The number of hydrogen-bond acceptors (Lipinski definition) is 1. The maximum atomic E-state index is 13.9. The molecule has 0 saturated carbocycles. The summed E-state index contributed by atoms with van der Waals surface area (Å²) in [5, 5.41) is 0. The Balaban J connectivity index is 2.38. The molecular weight excluding hydrogens is 305 g/mol. The fourth-order valence-corrected chi connectivity index (χ4v) is 2.79. The van der Waals surface area contributed by atoms with Crippen LogP contribution >= 0.6 is 15.9 Å². The van der Waals surface area contributed by atoms with Crippen LogP contribution < -0.4 is 5.73 Å². The Kier molecular flexibility index (Phi) is 4.72. The van der Waals surface area contributed by atoms with Crippen molar-refractivity contribution >= 4 is 15.9 Å². The van der Waals surface area contributed by atoms with Gasteiger partial charge in [0.05, 0.1) is 6.04 Å². The van der Waals surface area contributed by atoms with E-state index in [1.54, 1.807) is 6.07 Å².